The number of rotatable bonds is 5. The SMILES string of the molecule is COC(=O)c1ccc2c(=O)n(-c3ccc(C)c(C)c3)c(N3CCN(c4ccccc4OC)CC3)nc2c1. The van der Waals surface area contributed by atoms with Gasteiger partial charge in [-0.15, -0.1) is 0 Å². The van der Waals surface area contributed by atoms with Crippen LogP contribution in [0.3, 0.4) is 0 Å². The largest absolute Gasteiger partial charge is 0.495 e. The second-order valence-corrected chi connectivity index (χ2v) is 9.19. The van der Waals surface area contributed by atoms with E-state index < -0.39 is 5.97 Å². The number of para-hydroxylation sites is 2. The number of ether oxygens (including phenoxy) is 2. The van der Waals surface area contributed by atoms with Crippen molar-refractivity contribution >= 4 is 28.5 Å². The summed E-state index contributed by atoms with van der Waals surface area (Å²) < 4.78 is 12.1. The van der Waals surface area contributed by atoms with Gasteiger partial charge in [-0.1, -0.05) is 18.2 Å². The maximum absolute atomic E-state index is 13.9. The first-order valence-corrected chi connectivity index (χ1v) is 12.3. The van der Waals surface area contributed by atoms with Crippen LogP contribution >= 0.6 is 0 Å². The van der Waals surface area contributed by atoms with Gasteiger partial charge in [0.25, 0.3) is 5.56 Å². The summed E-state index contributed by atoms with van der Waals surface area (Å²) in [6, 6.07) is 18.9. The average molecular weight is 499 g/mol. The molecule has 5 rings (SSSR count). The highest BCUT2D eigenvalue weighted by Crippen LogP contribution is 2.30. The minimum atomic E-state index is -0.464. The number of esters is 1. The maximum atomic E-state index is 13.9. The summed E-state index contributed by atoms with van der Waals surface area (Å²) in [5.41, 5.74) is 4.71. The van der Waals surface area contributed by atoms with E-state index in [1.807, 2.05) is 50.2 Å². The molecule has 8 heteroatoms. The lowest BCUT2D eigenvalue weighted by Gasteiger charge is -2.37. The first-order valence-electron chi connectivity index (χ1n) is 12.3. The molecule has 8 nitrogen and oxygen atoms in total. The Bertz CT molecular complexity index is 1540. The Morgan fingerprint density at radius 1 is 0.865 bits per heavy atom. The molecule has 1 saturated heterocycles. The standard InChI is InChI=1S/C29H30N4O4/c1-19-9-11-22(17-20(19)2)33-27(34)23-12-10-21(28(35)37-4)18-24(23)30-29(33)32-15-13-31(14-16-32)25-7-5-6-8-26(25)36-3/h5-12,17-18H,13-16H2,1-4H3. The van der Waals surface area contributed by atoms with Crippen LogP contribution in [0, 0.1) is 13.8 Å². The molecule has 0 spiro atoms. The predicted octanol–water partition coefficient (Wildman–Crippen LogP) is 4.12. The number of anilines is 2. The van der Waals surface area contributed by atoms with E-state index in [2.05, 4.69) is 15.9 Å². The van der Waals surface area contributed by atoms with Crippen LogP contribution in [0.1, 0.15) is 21.5 Å². The van der Waals surface area contributed by atoms with Gasteiger partial charge in [0.2, 0.25) is 5.95 Å². The normalized spacial score (nSPS) is 13.6. The molecule has 0 unspecified atom stereocenters. The van der Waals surface area contributed by atoms with Gasteiger partial charge in [-0.2, -0.15) is 0 Å². The van der Waals surface area contributed by atoms with Crippen LogP contribution in [0.5, 0.6) is 5.75 Å². The van der Waals surface area contributed by atoms with Crippen molar-refractivity contribution in [3.05, 3.63) is 87.7 Å². The number of piperazine rings is 1. The Kier molecular flexibility index (Phi) is 6.56. The first kappa shape index (κ1) is 24.4. The predicted molar refractivity (Wildman–Crippen MR) is 146 cm³/mol. The minimum absolute atomic E-state index is 0.174. The van der Waals surface area contributed by atoms with E-state index in [1.54, 1.807) is 29.9 Å². The molecule has 1 fully saturated rings. The molecule has 190 valence electrons. The monoisotopic (exact) mass is 498 g/mol. The zero-order chi connectivity index (χ0) is 26.1. The third-order valence-corrected chi connectivity index (χ3v) is 7.01. The molecular weight excluding hydrogens is 468 g/mol. The van der Waals surface area contributed by atoms with Crippen molar-refractivity contribution < 1.29 is 14.3 Å². The van der Waals surface area contributed by atoms with Crippen LogP contribution in [-0.2, 0) is 4.74 Å². The third kappa shape index (κ3) is 4.50. The van der Waals surface area contributed by atoms with Crippen molar-refractivity contribution in [3.8, 4) is 11.4 Å². The lowest BCUT2D eigenvalue weighted by molar-refractivity contribution is 0.0601. The van der Waals surface area contributed by atoms with Crippen LogP contribution < -0.4 is 20.1 Å². The number of aromatic nitrogens is 2. The average Bonchev–Trinajstić information content (AvgIpc) is 2.94. The van der Waals surface area contributed by atoms with Gasteiger partial charge in [0, 0.05) is 26.2 Å². The van der Waals surface area contributed by atoms with Crippen molar-refractivity contribution in [1.82, 2.24) is 9.55 Å². The summed E-state index contributed by atoms with van der Waals surface area (Å²) in [5.74, 6) is 0.929. The lowest BCUT2D eigenvalue weighted by atomic mass is 10.1. The lowest BCUT2D eigenvalue weighted by Crippen LogP contribution is -2.48. The highest BCUT2D eigenvalue weighted by Gasteiger charge is 2.25. The van der Waals surface area contributed by atoms with E-state index in [-0.39, 0.29) is 5.56 Å². The summed E-state index contributed by atoms with van der Waals surface area (Å²) in [5, 5.41) is 0.447. The minimum Gasteiger partial charge on any atom is -0.495 e. The Labute approximate surface area is 215 Å². The number of carbonyl (C=O) groups excluding carboxylic acids is 1. The molecule has 1 aliphatic rings. The molecule has 0 aliphatic carbocycles. The van der Waals surface area contributed by atoms with E-state index in [9.17, 15) is 9.59 Å². The fraction of sp³-hybridized carbons (Fsp3) is 0.276. The number of fused-ring (bicyclic) bond motifs is 1. The summed E-state index contributed by atoms with van der Waals surface area (Å²) in [7, 11) is 3.02. The highest BCUT2D eigenvalue weighted by molar-refractivity contribution is 5.94. The van der Waals surface area contributed by atoms with Gasteiger partial charge in [0.1, 0.15) is 5.75 Å². The van der Waals surface area contributed by atoms with Gasteiger partial charge in [-0.05, 0) is 67.4 Å². The van der Waals surface area contributed by atoms with Crippen LogP contribution in [0.25, 0.3) is 16.6 Å². The van der Waals surface area contributed by atoms with Gasteiger partial charge in [-0.3, -0.25) is 4.79 Å². The topological polar surface area (TPSA) is 76.9 Å². The molecule has 0 saturated carbocycles. The van der Waals surface area contributed by atoms with Crippen molar-refractivity contribution in [2.45, 2.75) is 13.8 Å². The summed E-state index contributed by atoms with van der Waals surface area (Å²) >= 11 is 0. The molecule has 37 heavy (non-hydrogen) atoms. The quantitative estimate of drug-likeness (QED) is 0.383. The second kappa shape index (κ2) is 9.97. The molecule has 0 bridgehead atoms. The summed E-state index contributed by atoms with van der Waals surface area (Å²) in [6.45, 7) is 6.89. The van der Waals surface area contributed by atoms with Gasteiger partial charge in [0.05, 0.1) is 42.1 Å². The zero-order valence-electron chi connectivity index (χ0n) is 21.5. The number of methoxy groups -OCH3 is 2. The number of nitrogens with zero attached hydrogens (tertiary/aromatic N) is 4. The molecule has 4 aromatic rings. The van der Waals surface area contributed by atoms with E-state index in [1.165, 1.54) is 7.11 Å². The second-order valence-electron chi connectivity index (χ2n) is 9.19. The molecule has 2 heterocycles. The van der Waals surface area contributed by atoms with Crippen molar-refractivity contribution in [2.24, 2.45) is 0 Å². The number of aryl methyl sites for hydroxylation is 2. The van der Waals surface area contributed by atoms with Gasteiger partial charge in [0.15, 0.2) is 0 Å². The molecule has 0 N–H and O–H groups in total. The molecular formula is C29H30N4O4. The van der Waals surface area contributed by atoms with Crippen LogP contribution in [0.15, 0.2) is 65.5 Å². The zero-order valence-corrected chi connectivity index (χ0v) is 21.5. The smallest absolute Gasteiger partial charge is 0.337 e. The molecule has 0 atom stereocenters. The van der Waals surface area contributed by atoms with Crippen molar-refractivity contribution in [2.75, 3.05) is 50.2 Å². The number of benzene rings is 3. The fourth-order valence-corrected chi connectivity index (χ4v) is 4.77. The molecule has 3 aromatic carbocycles. The van der Waals surface area contributed by atoms with Crippen LogP contribution in [-0.4, -0.2) is 55.9 Å². The Balaban J connectivity index is 1.59. The van der Waals surface area contributed by atoms with E-state index >= 15 is 0 Å². The Morgan fingerprint density at radius 3 is 2.30 bits per heavy atom. The number of hydrogen-bond acceptors (Lipinski definition) is 7. The van der Waals surface area contributed by atoms with Gasteiger partial charge in [-0.25, -0.2) is 14.3 Å². The van der Waals surface area contributed by atoms with E-state index in [0.29, 0.717) is 35.5 Å². The van der Waals surface area contributed by atoms with Crippen LogP contribution in [0.2, 0.25) is 0 Å². The fourth-order valence-electron chi connectivity index (χ4n) is 4.77. The van der Waals surface area contributed by atoms with Crippen LogP contribution in [0.4, 0.5) is 11.6 Å². The van der Waals surface area contributed by atoms with Crippen molar-refractivity contribution in [1.29, 1.82) is 0 Å². The third-order valence-electron chi connectivity index (χ3n) is 7.01. The molecule has 1 aromatic heterocycles. The molecule has 1 aliphatic heterocycles. The van der Waals surface area contributed by atoms with Gasteiger partial charge < -0.3 is 19.3 Å². The molecule has 0 amide bonds. The highest BCUT2D eigenvalue weighted by atomic mass is 16.5. The van der Waals surface area contributed by atoms with Gasteiger partial charge >= 0.3 is 5.97 Å². The maximum Gasteiger partial charge on any atom is 0.337 e. The summed E-state index contributed by atoms with van der Waals surface area (Å²) in [4.78, 5) is 35.4. The number of hydrogen-bond donors (Lipinski definition) is 0. The molecule has 0 radical (unpaired) electrons. The Morgan fingerprint density at radius 2 is 1.59 bits per heavy atom. The summed E-state index contributed by atoms with van der Waals surface area (Å²) in [6.07, 6.45) is 0. The van der Waals surface area contributed by atoms with E-state index in [4.69, 9.17) is 14.5 Å². The number of carbonyl (C=O) groups is 1. The van der Waals surface area contributed by atoms with Crippen molar-refractivity contribution in [3.63, 3.8) is 0 Å². The van der Waals surface area contributed by atoms with E-state index in [0.717, 1.165) is 41.3 Å². The first-order chi connectivity index (χ1) is 17.9. The Hall–Kier alpha value is -4.33.